The zero-order valence-corrected chi connectivity index (χ0v) is 9.06. The van der Waals surface area contributed by atoms with Crippen LogP contribution in [0.5, 0.6) is 0 Å². The molecule has 0 bridgehead atoms. The van der Waals surface area contributed by atoms with Crippen molar-refractivity contribution >= 4 is 5.97 Å². The van der Waals surface area contributed by atoms with Gasteiger partial charge < -0.3 is 9.90 Å². The number of carbonyl (C=O) groups is 1. The van der Waals surface area contributed by atoms with E-state index in [-0.39, 0.29) is 0 Å². The van der Waals surface area contributed by atoms with Crippen LogP contribution in [-0.2, 0) is 11.3 Å². The average Bonchev–Trinajstić information content (AvgIpc) is 2.28. The summed E-state index contributed by atoms with van der Waals surface area (Å²) in [6.07, 6.45) is 7.47. The minimum atomic E-state index is -1.23. The van der Waals surface area contributed by atoms with Crippen LogP contribution < -0.4 is 9.67 Å². The quantitative estimate of drug-likeness (QED) is 0.539. The van der Waals surface area contributed by atoms with Gasteiger partial charge in [0, 0.05) is 18.6 Å². The largest absolute Gasteiger partial charge is 0.545 e. The Morgan fingerprint density at radius 2 is 1.93 bits per heavy atom. The van der Waals surface area contributed by atoms with Gasteiger partial charge in [-0.15, -0.1) is 0 Å². The van der Waals surface area contributed by atoms with Gasteiger partial charge in [-0.3, -0.25) is 0 Å². The number of carboxylic acid groups (broad SMARTS) is 1. The number of unbranched alkanes of at least 4 members (excludes halogenated alkanes) is 1. The minimum Gasteiger partial charge on any atom is -0.545 e. The zero-order valence-electron chi connectivity index (χ0n) is 9.06. The van der Waals surface area contributed by atoms with Crippen molar-refractivity contribution < 1.29 is 14.5 Å². The first-order valence-corrected chi connectivity index (χ1v) is 4.98. The third-order valence-electron chi connectivity index (χ3n) is 1.71. The SMILES string of the molecule is C=CC(=O)[O-].CCCC[n+]1ccccc1. The number of carboxylic acids is 1. The van der Waals surface area contributed by atoms with Gasteiger partial charge >= 0.3 is 0 Å². The van der Waals surface area contributed by atoms with E-state index in [4.69, 9.17) is 9.90 Å². The van der Waals surface area contributed by atoms with Crippen LogP contribution in [0.4, 0.5) is 0 Å². The molecule has 0 aliphatic heterocycles. The van der Waals surface area contributed by atoms with Crippen molar-refractivity contribution in [1.29, 1.82) is 0 Å². The van der Waals surface area contributed by atoms with Crippen molar-refractivity contribution in [3.8, 4) is 0 Å². The fraction of sp³-hybridized carbons (Fsp3) is 0.333. The molecule has 0 N–H and O–H groups in total. The Morgan fingerprint density at radius 3 is 2.33 bits per heavy atom. The van der Waals surface area contributed by atoms with Crippen molar-refractivity contribution in [2.24, 2.45) is 0 Å². The molecule has 0 saturated heterocycles. The predicted octanol–water partition coefficient (Wildman–Crippen LogP) is 0.696. The van der Waals surface area contributed by atoms with E-state index in [1.54, 1.807) is 0 Å². The normalized spacial score (nSPS) is 8.60. The third-order valence-corrected chi connectivity index (χ3v) is 1.71. The fourth-order valence-corrected chi connectivity index (χ4v) is 0.924. The number of nitrogens with zero attached hydrogens (tertiary/aromatic N) is 1. The Bertz CT molecular complexity index is 283. The van der Waals surface area contributed by atoms with Gasteiger partial charge in [-0.25, -0.2) is 4.57 Å². The molecule has 1 aromatic heterocycles. The number of aliphatic carboxylic acids is 1. The summed E-state index contributed by atoms with van der Waals surface area (Å²) in [6, 6.07) is 6.17. The van der Waals surface area contributed by atoms with Gasteiger partial charge in [-0.2, -0.15) is 0 Å². The monoisotopic (exact) mass is 207 g/mol. The van der Waals surface area contributed by atoms with Crippen LogP contribution in [0.2, 0.25) is 0 Å². The van der Waals surface area contributed by atoms with E-state index in [9.17, 15) is 0 Å². The van der Waals surface area contributed by atoms with E-state index in [1.807, 2.05) is 6.07 Å². The number of carbonyl (C=O) groups excluding carboxylic acids is 1. The maximum Gasteiger partial charge on any atom is 0.168 e. The van der Waals surface area contributed by atoms with E-state index in [0.29, 0.717) is 0 Å². The molecule has 3 nitrogen and oxygen atoms in total. The standard InChI is InChI=1S/C9H14N.C3H4O2/c1-2-3-7-10-8-5-4-6-9-10;1-2-3(4)5/h4-6,8-9H,2-3,7H2,1H3;2H,1H2,(H,4,5)/q+1;/p-1. The summed E-state index contributed by atoms with van der Waals surface area (Å²) < 4.78 is 2.21. The molecule has 0 aromatic carbocycles. The summed E-state index contributed by atoms with van der Waals surface area (Å²) in [6.45, 7) is 6.26. The highest BCUT2D eigenvalue weighted by Crippen LogP contribution is 1.85. The third kappa shape index (κ3) is 8.68. The first-order valence-electron chi connectivity index (χ1n) is 4.98. The van der Waals surface area contributed by atoms with Crippen LogP contribution in [0.1, 0.15) is 19.8 Å². The highest BCUT2D eigenvalue weighted by atomic mass is 16.4. The van der Waals surface area contributed by atoms with Gasteiger partial charge in [-0.05, 0) is 6.08 Å². The summed E-state index contributed by atoms with van der Waals surface area (Å²) in [4.78, 5) is 9.14. The van der Waals surface area contributed by atoms with Crippen molar-refractivity contribution in [2.45, 2.75) is 26.3 Å². The smallest absolute Gasteiger partial charge is 0.168 e. The van der Waals surface area contributed by atoms with Crippen LogP contribution >= 0.6 is 0 Å². The molecule has 1 rings (SSSR count). The predicted molar refractivity (Wildman–Crippen MR) is 56.7 cm³/mol. The van der Waals surface area contributed by atoms with Crippen LogP contribution in [0.3, 0.4) is 0 Å². The molecule has 0 aliphatic rings. The Morgan fingerprint density at radius 1 is 1.40 bits per heavy atom. The first-order chi connectivity index (χ1) is 7.20. The van der Waals surface area contributed by atoms with Gasteiger partial charge in [0.05, 0.1) is 5.97 Å². The maximum absolute atomic E-state index is 9.14. The Labute approximate surface area is 90.7 Å². The van der Waals surface area contributed by atoms with Crippen molar-refractivity contribution in [3.63, 3.8) is 0 Å². The zero-order chi connectivity index (χ0) is 11.5. The Balaban J connectivity index is 0.000000336. The number of aryl methyl sites for hydroxylation is 1. The Kier molecular flexibility index (Phi) is 7.96. The molecule has 1 aromatic rings. The molecule has 3 heteroatoms. The van der Waals surface area contributed by atoms with Crippen LogP contribution in [0.15, 0.2) is 43.2 Å². The van der Waals surface area contributed by atoms with Gasteiger partial charge in [0.1, 0.15) is 6.54 Å². The lowest BCUT2D eigenvalue weighted by Gasteiger charge is -1.91. The second-order valence-electron chi connectivity index (χ2n) is 2.99. The van der Waals surface area contributed by atoms with Crippen LogP contribution in [0, 0.1) is 0 Å². The second-order valence-corrected chi connectivity index (χ2v) is 2.99. The summed E-state index contributed by atoms with van der Waals surface area (Å²) in [7, 11) is 0. The van der Waals surface area contributed by atoms with Gasteiger partial charge in [0.2, 0.25) is 0 Å². The molecule has 0 spiro atoms. The molecule has 82 valence electrons. The number of pyridine rings is 1. The molecule has 0 amide bonds. The molecule has 0 fully saturated rings. The molecule has 15 heavy (non-hydrogen) atoms. The summed E-state index contributed by atoms with van der Waals surface area (Å²) in [5.41, 5.74) is 0. The lowest BCUT2D eigenvalue weighted by Crippen LogP contribution is -2.31. The molecule has 0 radical (unpaired) electrons. The van der Waals surface area contributed by atoms with Gasteiger partial charge in [-0.1, -0.05) is 26.0 Å². The van der Waals surface area contributed by atoms with E-state index in [0.717, 1.165) is 12.6 Å². The van der Waals surface area contributed by atoms with Crippen molar-refractivity contribution in [2.75, 3.05) is 0 Å². The second kappa shape index (κ2) is 8.94. The average molecular weight is 207 g/mol. The molecule has 0 saturated carbocycles. The summed E-state index contributed by atoms with van der Waals surface area (Å²) in [5.74, 6) is -1.23. The van der Waals surface area contributed by atoms with Crippen molar-refractivity contribution in [1.82, 2.24) is 0 Å². The molecule has 0 aliphatic carbocycles. The highest BCUT2D eigenvalue weighted by molar-refractivity contribution is 5.76. The molecule has 0 unspecified atom stereocenters. The van der Waals surface area contributed by atoms with E-state index in [2.05, 4.69) is 42.6 Å². The number of rotatable bonds is 4. The highest BCUT2D eigenvalue weighted by Gasteiger charge is 1.93. The summed E-state index contributed by atoms with van der Waals surface area (Å²) in [5, 5.41) is 9.14. The van der Waals surface area contributed by atoms with E-state index >= 15 is 0 Å². The first kappa shape index (κ1) is 13.4. The molecular formula is C12H17NO2. The lowest BCUT2D eigenvalue weighted by atomic mass is 10.3. The number of aromatic nitrogens is 1. The fourth-order valence-electron chi connectivity index (χ4n) is 0.924. The topological polar surface area (TPSA) is 44.0 Å². The summed E-state index contributed by atoms with van der Waals surface area (Å²) >= 11 is 0. The number of hydrogen-bond acceptors (Lipinski definition) is 2. The lowest BCUT2D eigenvalue weighted by molar-refractivity contribution is -0.697. The minimum absolute atomic E-state index is 0.722. The molecule has 1 heterocycles. The molecule has 0 atom stereocenters. The van der Waals surface area contributed by atoms with Crippen LogP contribution in [0.25, 0.3) is 0 Å². The van der Waals surface area contributed by atoms with E-state index in [1.165, 1.54) is 12.8 Å². The van der Waals surface area contributed by atoms with E-state index < -0.39 is 5.97 Å². The van der Waals surface area contributed by atoms with Crippen LogP contribution in [-0.4, -0.2) is 5.97 Å². The number of hydrogen-bond donors (Lipinski definition) is 0. The maximum atomic E-state index is 9.14. The van der Waals surface area contributed by atoms with Gasteiger partial charge in [0.15, 0.2) is 12.4 Å². The van der Waals surface area contributed by atoms with Gasteiger partial charge in [0.25, 0.3) is 0 Å². The Hall–Kier alpha value is -1.64. The van der Waals surface area contributed by atoms with Crippen molar-refractivity contribution in [3.05, 3.63) is 43.2 Å². The molecular weight excluding hydrogens is 190 g/mol.